The fourth-order valence-electron chi connectivity index (χ4n) is 1.88. The number of halogens is 2. The van der Waals surface area contributed by atoms with Crippen LogP contribution in [0.2, 0.25) is 0 Å². The maximum atomic E-state index is 13.1. The van der Waals surface area contributed by atoms with E-state index in [0.29, 0.717) is 15.8 Å². The van der Waals surface area contributed by atoms with E-state index in [9.17, 15) is 18.2 Å². The van der Waals surface area contributed by atoms with E-state index in [1.807, 2.05) is 0 Å². The second-order valence-corrected chi connectivity index (χ2v) is 5.64. The van der Waals surface area contributed by atoms with Crippen molar-refractivity contribution in [3.63, 3.8) is 0 Å². The van der Waals surface area contributed by atoms with Gasteiger partial charge >= 0.3 is 0 Å². The summed E-state index contributed by atoms with van der Waals surface area (Å²) in [5, 5.41) is 11.8. The number of aromatic nitrogens is 3. The molecular weight excluding hydrogens is 300 g/mol. The normalized spacial score (nSPS) is 12.7. The monoisotopic (exact) mass is 308 g/mol. The fourth-order valence-corrected chi connectivity index (χ4v) is 2.97. The van der Waals surface area contributed by atoms with Gasteiger partial charge in [-0.3, -0.25) is 9.19 Å². The maximum absolute atomic E-state index is 13.1. The van der Waals surface area contributed by atoms with Crippen molar-refractivity contribution >= 4 is 21.8 Å². The quantitative estimate of drug-likeness (QED) is 0.744. The van der Waals surface area contributed by atoms with Gasteiger partial charge in [-0.05, 0) is 23.8 Å². The Morgan fingerprint density at radius 2 is 2.05 bits per heavy atom. The summed E-state index contributed by atoms with van der Waals surface area (Å²) in [6.07, 6.45) is 2.82. The molecule has 1 atom stereocenters. The first-order valence-electron chi connectivity index (χ1n) is 5.88. The lowest BCUT2D eigenvalue weighted by molar-refractivity contribution is 0.507. The molecule has 5 nitrogen and oxygen atoms in total. The molecular formula is C13H8F2N3O2S-. The van der Waals surface area contributed by atoms with Gasteiger partial charge in [0, 0.05) is 6.20 Å². The number of fused-ring (bicyclic) bond motifs is 1. The zero-order chi connectivity index (χ0) is 15.0. The lowest BCUT2D eigenvalue weighted by Gasteiger charge is -2.11. The van der Waals surface area contributed by atoms with E-state index in [1.54, 1.807) is 0 Å². The first-order valence-corrected chi connectivity index (χ1v) is 7.20. The zero-order valence-corrected chi connectivity index (χ0v) is 11.3. The van der Waals surface area contributed by atoms with Crippen molar-refractivity contribution in [3.8, 4) is 0 Å². The van der Waals surface area contributed by atoms with E-state index in [1.165, 1.54) is 24.5 Å². The van der Waals surface area contributed by atoms with Crippen molar-refractivity contribution in [1.82, 2.24) is 14.7 Å². The van der Waals surface area contributed by atoms with E-state index < -0.39 is 22.4 Å². The molecule has 0 amide bonds. The van der Waals surface area contributed by atoms with Crippen molar-refractivity contribution in [3.05, 3.63) is 59.1 Å². The third kappa shape index (κ3) is 2.49. The molecule has 8 heteroatoms. The molecule has 0 spiro atoms. The molecule has 2 heterocycles. The second kappa shape index (κ2) is 5.21. The number of pyridine rings is 1. The van der Waals surface area contributed by atoms with Gasteiger partial charge in [0.25, 0.3) is 0 Å². The number of imidazole rings is 1. The lowest BCUT2D eigenvalue weighted by Crippen LogP contribution is -2.04. The van der Waals surface area contributed by atoms with Gasteiger partial charge in [0.15, 0.2) is 16.8 Å². The summed E-state index contributed by atoms with van der Waals surface area (Å²) < 4.78 is 38.6. The minimum Gasteiger partial charge on any atom is -0.804 e. The van der Waals surface area contributed by atoms with Crippen LogP contribution in [0, 0.1) is 16.8 Å². The Morgan fingerprint density at radius 3 is 2.76 bits per heavy atom. The highest BCUT2D eigenvalue weighted by Gasteiger charge is 2.14. The second-order valence-electron chi connectivity index (χ2n) is 4.29. The van der Waals surface area contributed by atoms with Gasteiger partial charge in [-0.25, -0.2) is 13.8 Å². The molecule has 2 aromatic heterocycles. The third-order valence-electron chi connectivity index (χ3n) is 2.87. The zero-order valence-electron chi connectivity index (χ0n) is 10.5. The SMILES string of the molecule is O=S(Cc1ccc(F)c(F)c1)c1nc2cnccc2n1[O-]. The highest BCUT2D eigenvalue weighted by molar-refractivity contribution is 7.84. The maximum Gasteiger partial charge on any atom is 0.195 e. The van der Waals surface area contributed by atoms with E-state index in [2.05, 4.69) is 9.97 Å². The van der Waals surface area contributed by atoms with Gasteiger partial charge in [0.05, 0.1) is 28.3 Å². The molecule has 0 aliphatic heterocycles. The van der Waals surface area contributed by atoms with Crippen LogP contribution >= 0.6 is 0 Å². The van der Waals surface area contributed by atoms with Crippen molar-refractivity contribution in [2.45, 2.75) is 10.9 Å². The van der Waals surface area contributed by atoms with Gasteiger partial charge in [-0.15, -0.1) is 0 Å². The molecule has 0 aliphatic rings. The van der Waals surface area contributed by atoms with Crippen molar-refractivity contribution in [2.24, 2.45) is 0 Å². The smallest absolute Gasteiger partial charge is 0.195 e. The molecule has 1 unspecified atom stereocenters. The molecule has 0 bridgehead atoms. The van der Waals surface area contributed by atoms with Gasteiger partial charge in [-0.2, -0.15) is 0 Å². The summed E-state index contributed by atoms with van der Waals surface area (Å²) in [4.78, 5) is 7.80. The Kier molecular flexibility index (Phi) is 3.38. The van der Waals surface area contributed by atoms with Crippen LogP contribution in [0.1, 0.15) is 5.56 Å². The fraction of sp³-hybridized carbons (Fsp3) is 0.0769. The van der Waals surface area contributed by atoms with Crippen molar-refractivity contribution in [1.29, 1.82) is 0 Å². The van der Waals surface area contributed by atoms with Crippen molar-refractivity contribution < 1.29 is 13.0 Å². The Hall–Kier alpha value is -2.35. The van der Waals surface area contributed by atoms with Crippen LogP contribution in [0.4, 0.5) is 8.78 Å². The molecule has 1 aromatic carbocycles. The predicted molar refractivity (Wildman–Crippen MR) is 72.8 cm³/mol. The van der Waals surface area contributed by atoms with Crippen LogP contribution in [0.5, 0.6) is 0 Å². The van der Waals surface area contributed by atoms with Gasteiger partial charge < -0.3 is 9.94 Å². The first kappa shape index (κ1) is 13.6. The topological polar surface area (TPSA) is 70.8 Å². The van der Waals surface area contributed by atoms with E-state index in [0.717, 1.165) is 12.1 Å². The Balaban J connectivity index is 1.93. The minimum absolute atomic E-state index is 0.129. The molecule has 21 heavy (non-hydrogen) atoms. The summed E-state index contributed by atoms with van der Waals surface area (Å²) in [7, 11) is -1.77. The van der Waals surface area contributed by atoms with Gasteiger partial charge in [0.2, 0.25) is 0 Å². The first-order chi connectivity index (χ1) is 10.1. The number of rotatable bonds is 3. The number of hydrogen-bond donors (Lipinski definition) is 0. The van der Waals surface area contributed by atoms with Crippen molar-refractivity contribution in [2.75, 3.05) is 0 Å². The van der Waals surface area contributed by atoms with Crippen LogP contribution in [0.25, 0.3) is 11.0 Å². The highest BCUT2D eigenvalue weighted by atomic mass is 32.2. The van der Waals surface area contributed by atoms with Crippen LogP contribution in [-0.4, -0.2) is 18.9 Å². The molecule has 3 rings (SSSR count). The Morgan fingerprint density at radius 1 is 1.24 bits per heavy atom. The largest absolute Gasteiger partial charge is 0.804 e. The summed E-state index contributed by atoms with van der Waals surface area (Å²) >= 11 is 0. The lowest BCUT2D eigenvalue weighted by atomic mass is 10.2. The summed E-state index contributed by atoms with van der Waals surface area (Å²) in [6, 6.07) is 4.68. The van der Waals surface area contributed by atoms with E-state index >= 15 is 0 Å². The van der Waals surface area contributed by atoms with Gasteiger partial charge in [-0.1, -0.05) is 6.07 Å². The molecule has 0 aliphatic carbocycles. The van der Waals surface area contributed by atoms with Crippen LogP contribution in [0.3, 0.4) is 0 Å². The minimum atomic E-state index is -1.77. The average molecular weight is 308 g/mol. The number of hydrogen-bond acceptors (Lipinski definition) is 4. The number of nitrogens with zero attached hydrogens (tertiary/aromatic N) is 3. The standard InChI is InChI=1S/C13H8F2N3O2S/c14-9-2-1-8(5-10(9)15)7-21(20)13-17-11-6-16-4-3-12(11)18(13)19/h1-6H,7H2/q-1. The molecule has 0 fully saturated rings. The number of benzene rings is 1. The van der Waals surface area contributed by atoms with E-state index in [-0.39, 0.29) is 16.4 Å². The van der Waals surface area contributed by atoms with E-state index in [4.69, 9.17) is 0 Å². The van der Waals surface area contributed by atoms with Crippen LogP contribution in [0.15, 0.2) is 41.8 Å². The molecule has 0 saturated heterocycles. The Labute approximate surface area is 120 Å². The highest BCUT2D eigenvalue weighted by Crippen LogP contribution is 2.19. The summed E-state index contributed by atoms with van der Waals surface area (Å²) in [5.41, 5.74) is 0.914. The summed E-state index contributed by atoms with van der Waals surface area (Å²) in [5.74, 6) is -2.13. The van der Waals surface area contributed by atoms with Crippen LogP contribution in [-0.2, 0) is 16.6 Å². The molecule has 3 aromatic rings. The molecule has 0 N–H and O–H groups in total. The predicted octanol–water partition coefficient (Wildman–Crippen LogP) is 2.36. The Bertz CT molecular complexity index is 851. The van der Waals surface area contributed by atoms with Gasteiger partial charge in [0.1, 0.15) is 5.52 Å². The molecule has 0 saturated carbocycles. The van der Waals surface area contributed by atoms with Crippen LogP contribution < -0.4 is 0 Å². The third-order valence-corrected chi connectivity index (χ3v) is 4.13. The molecule has 0 radical (unpaired) electrons. The summed E-state index contributed by atoms with van der Waals surface area (Å²) in [6.45, 7) is 0. The average Bonchev–Trinajstić information content (AvgIpc) is 2.81. The molecule has 108 valence electrons.